The van der Waals surface area contributed by atoms with Crippen LogP contribution >= 0.6 is 24.0 Å². The van der Waals surface area contributed by atoms with E-state index in [2.05, 4.69) is 25.5 Å². The molecule has 25 heavy (non-hydrogen) atoms. The van der Waals surface area contributed by atoms with E-state index in [9.17, 15) is 13.2 Å². The third-order valence-electron chi connectivity index (χ3n) is 3.73. The van der Waals surface area contributed by atoms with Crippen molar-refractivity contribution in [1.29, 1.82) is 0 Å². The molecule has 1 aliphatic heterocycles. The van der Waals surface area contributed by atoms with Gasteiger partial charge in [0, 0.05) is 38.9 Å². The zero-order valence-electron chi connectivity index (χ0n) is 14.3. The van der Waals surface area contributed by atoms with Crippen molar-refractivity contribution >= 4 is 35.8 Å². The number of nitrogens with one attached hydrogen (secondary N) is 2. The van der Waals surface area contributed by atoms with Gasteiger partial charge in [0.1, 0.15) is 5.82 Å². The number of aromatic nitrogens is 1. The van der Waals surface area contributed by atoms with Gasteiger partial charge in [-0.3, -0.25) is 4.99 Å². The monoisotopic (exact) mass is 471 g/mol. The summed E-state index contributed by atoms with van der Waals surface area (Å²) in [4.78, 5) is 10.6. The fourth-order valence-electron chi connectivity index (χ4n) is 2.50. The molecule has 1 aliphatic rings. The summed E-state index contributed by atoms with van der Waals surface area (Å²) >= 11 is 0. The molecular formula is C16H25F3IN5. The average Bonchev–Trinajstić information content (AvgIpc) is 3.07. The maximum absolute atomic E-state index is 12.5. The molecule has 0 aromatic carbocycles. The lowest BCUT2D eigenvalue weighted by atomic mass is 10.3. The average molecular weight is 471 g/mol. The highest BCUT2D eigenvalue weighted by Crippen LogP contribution is 2.28. The summed E-state index contributed by atoms with van der Waals surface area (Å²) in [6, 6.07) is 2.38. The Morgan fingerprint density at radius 1 is 1.28 bits per heavy atom. The summed E-state index contributed by atoms with van der Waals surface area (Å²) in [6.07, 6.45) is -0.321. The molecule has 1 fully saturated rings. The van der Waals surface area contributed by atoms with Crippen LogP contribution in [0.15, 0.2) is 23.3 Å². The van der Waals surface area contributed by atoms with Crippen molar-refractivity contribution in [1.82, 2.24) is 15.2 Å². The first-order chi connectivity index (χ1) is 11.5. The lowest BCUT2D eigenvalue weighted by molar-refractivity contribution is -0.137. The Bertz CT molecular complexity index is 528. The van der Waals surface area contributed by atoms with Gasteiger partial charge in [-0.05, 0) is 38.3 Å². The van der Waals surface area contributed by atoms with Crippen molar-refractivity contribution in [3.05, 3.63) is 23.9 Å². The zero-order chi connectivity index (χ0) is 17.4. The summed E-state index contributed by atoms with van der Waals surface area (Å²) in [5, 5.41) is 6.31. The molecule has 0 amide bonds. The van der Waals surface area contributed by atoms with Crippen molar-refractivity contribution in [3.63, 3.8) is 0 Å². The number of rotatable bonds is 6. The first-order valence-corrected chi connectivity index (χ1v) is 8.31. The number of pyridine rings is 1. The van der Waals surface area contributed by atoms with Crippen molar-refractivity contribution in [2.45, 2.75) is 32.4 Å². The Morgan fingerprint density at radius 3 is 2.56 bits per heavy atom. The van der Waals surface area contributed by atoms with E-state index < -0.39 is 11.7 Å². The molecule has 0 aliphatic carbocycles. The van der Waals surface area contributed by atoms with Crippen molar-refractivity contribution < 1.29 is 13.2 Å². The van der Waals surface area contributed by atoms with Gasteiger partial charge in [0.05, 0.1) is 5.56 Å². The van der Waals surface area contributed by atoms with E-state index in [4.69, 9.17) is 0 Å². The standard InChI is InChI=1S/C16H24F3N5.HI/c1-2-20-15(24-10-3-4-11-24)22-9-5-8-21-14-7-6-13(12-23-14)16(17,18)19;/h6-7,12H,2-5,8-11H2,1H3,(H,20,22)(H,21,23);1H. The van der Waals surface area contributed by atoms with Crippen LogP contribution in [0.5, 0.6) is 0 Å². The van der Waals surface area contributed by atoms with Crippen LogP contribution in [0.1, 0.15) is 31.7 Å². The molecule has 1 aromatic heterocycles. The third kappa shape index (κ3) is 7.25. The molecule has 1 aromatic rings. The van der Waals surface area contributed by atoms with Crippen molar-refractivity contribution in [2.75, 3.05) is 38.0 Å². The molecule has 0 bridgehead atoms. The van der Waals surface area contributed by atoms with Crippen LogP contribution in [-0.4, -0.2) is 48.6 Å². The van der Waals surface area contributed by atoms with E-state index in [-0.39, 0.29) is 24.0 Å². The smallest absolute Gasteiger partial charge is 0.370 e. The second-order valence-electron chi connectivity index (χ2n) is 5.64. The molecule has 1 saturated heterocycles. The maximum atomic E-state index is 12.5. The van der Waals surface area contributed by atoms with Crippen LogP contribution in [0.25, 0.3) is 0 Å². The van der Waals surface area contributed by atoms with E-state index >= 15 is 0 Å². The summed E-state index contributed by atoms with van der Waals surface area (Å²) in [5.74, 6) is 1.39. The molecule has 142 valence electrons. The van der Waals surface area contributed by atoms with E-state index in [0.29, 0.717) is 18.9 Å². The molecular weight excluding hydrogens is 446 g/mol. The number of nitrogens with zero attached hydrogens (tertiary/aromatic N) is 3. The Hall–Kier alpha value is -1.26. The first-order valence-electron chi connectivity index (χ1n) is 8.31. The van der Waals surface area contributed by atoms with Crippen LogP contribution in [0, 0.1) is 0 Å². The van der Waals surface area contributed by atoms with Crippen LogP contribution in [0.4, 0.5) is 19.0 Å². The molecule has 9 heteroatoms. The second kappa shape index (κ2) is 10.7. The summed E-state index contributed by atoms with van der Waals surface area (Å²) in [6.45, 7) is 6.24. The number of alkyl halides is 3. The Morgan fingerprint density at radius 2 is 2.00 bits per heavy atom. The highest BCUT2D eigenvalue weighted by Gasteiger charge is 2.30. The predicted molar refractivity (Wildman–Crippen MR) is 105 cm³/mol. The third-order valence-corrected chi connectivity index (χ3v) is 3.73. The fraction of sp³-hybridized carbons (Fsp3) is 0.625. The molecule has 0 unspecified atom stereocenters. The summed E-state index contributed by atoms with van der Waals surface area (Å²) in [5.41, 5.74) is -0.737. The molecule has 2 heterocycles. The van der Waals surface area contributed by atoms with Gasteiger partial charge in [0.15, 0.2) is 5.96 Å². The van der Waals surface area contributed by atoms with Gasteiger partial charge < -0.3 is 15.5 Å². The lowest BCUT2D eigenvalue weighted by Gasteiger charge is -2.20. The number of guanidine groups is 1. The second-order valence-corrected chi connectivity index (χ2v) is 5.64. The van der Waals surface area contributed by atoms with Gasteiger partial charge in [-0.1, -0.05) is 0 Å². The molecule has 5 nitrogen and oxygen atoms in total. The van der Waals surface area contributed by atoms with Crippen molar-refractivity contribution in [3.8, 4) is 0 Å². The van der Waals surface area contributed by atoms with E-state index in [1.807, 2.05) is 6.92 Å². The Balaban J connectivity index is 0.00000312. The van der Waals surface area contributed by atoms with Gasteiger partial charge in [0.2, 0.25) is 0 Å². The maximum Gasteiger partial charge on any atom is 0.417 e. The summed E-state index contributed by atoms with van der Waals surface area (Å²) < 4.78 is 37.4. The Kier molecular flexibility index (Phi) is 9.30. The molecule has 0 atom stereocenters. The van der Waals surface area contributed by atoms with E-state index in [1.54, 1.807) is 0 Å². The Labute approximate surface area is 163 Å². The normalized spacial score (nSPS) is 15.0. The topological polar surface area (TPSA) is 52.6 Å². The van der Waals surface area contributed by atoms with Gasteiger partial charge in [-0.15, -0.1) is 24.0 Å². The molecule has 0 radical (unpaired) electrons. The zero-order valence-corrected chi connectivity index (χ0v) is 16.6. The number of likely N-dealkylation sites (tertiary alicyclic amines) is 1. The number of aliphatic imine (C=N–C) groups is 1. The highest BCUT2D eigenvalue weighted by molar-refractivity contribution is 14.0. The van der Waals surface area contributed by atoms with Crippen LogP contribution < -0.4 is 10.6 Å². The minimum Gasteiger partial charge on any atom is -0.370 e. The fourth-order valence-corrected chi connectivity index (χ4v) is 2.50. The summed E-state index contributed by atoms with van der Waals surface area (Å²) in [7, 11) is 0. The van der Waals surface area contributed by atoms with Gasteiger partial charge >= 0.3 is 6.18 Å². The lowest BCUT2D eigenvalue weighted by Crippen LogP contribution is -2.39. The van der Waals surface area contributed by atoms with Gasteiger partial charge in [0.25, 0.3) is 0 Å². The SMILES string of the molecule is CCNC(=NCCCNc1ccc(C(F)(F)F)cn1)N1CCCC1.I. The first kappa shape index (κ1) is 21.8. The van der Waals surface area contributed by atoms with Crippen LogP contribution in [-0.2, 0) is 6.18 Å². The molecule has 0 spiro atoms. The molecule has 0 saturated carbocycles. The van der Waals surface area contributed by atoms with E-state index in [1.165, 1.54) is 18.9 Å². The number of halogens is 4. The number of hydrogen-bond donors (Lipinski definition) is 2. The predicted octanol–water partition coefficient (Wildman–Crippen LogP) is 3.58. The minimum absolute atomic E-state index is 0. The molecule has 2 N–H and O–H groups in total. The van der Waals surface area contributed by atoms with E-state index in [0.717, 1.165) is 44.3 Å². The van der Waals surface area contributed by atoms with Gasteiger partial charge in [-0.2, -0.15) is 13.2 Å². The van der Waals surface area contributed by atoms with Gasteiger partial charge in [-0.25, -0.2) is 4.98 Å². The highest BCUT2D eigenvalue weighted by atomic mass is 127. The molecule has 2 rings (SSSR count). The largest absolute Gasteiger partial charge is 0.417 e. The number of hydrogen-bond acceptors (Lipinski definition) is 3. The minimum atomic E-state index is -4.35. The van der Waals surface area contributed by atoms with Crippen LogP contribution in [0.2, 0.25) is 0 Å². The van der Waals surface area contributed by atoms with Crippen molar-refractivity contribution in [2.24, 2.45) is 4.99 Å². The quantitative estimate of drug-likeness (QED) is 0.288. The van der Waals surface area contributed by atoms with Crippen LogP contribution in [0.3, 0.4) is 0 Å². The number of anilines is 1.